The van der Waals surface area contributed by atoms with E-state index >= 15 is 0 Å². The van der Waals surface area contributed by atoms with Gasteiger partial charge in [0.05, 0.1) is 12.9 Å². The minimum atomic E-state index is 0.182. The smallest absolute Gasteiger partial charge is 0.292 e. The zero-order chi connectivity index (χ0) is 14.4. The first-order valence-electron chi connectivity index (χ1n) is 6.30. The molecule has 6 nitrogen and oxygen atoms in total. The van der Waals surface area contributed by atoms with Crippen LogP contribution in [0.3, 0.4) is 0 Å². The zero-order valence-corrected chi connectivity index (χ0v) is 12.4. The largest absolute Gasteiger partial charge is 0.424 e. The second kappa shape index (κ2) is 4.56. The van der Waals surface area contributed by atoms with E-state index in [1.807, 2.05) is 28.8 Å². The van der Waals surface area contributed by atoms with Gasteiger partial charge in [0.1, 0.15) is 11.0 Å². The number of hydrogen-bond acceptors (Lipinski definition) is 5. The lowest BCUT2D eigenvalue weighted by Gasteiger charge is -2.03. The van der Waals surface area contributed by atoms with Crippen LogP contribution in [0.5, 0.6) is 0 Å². The Labute approximate surface area is 127 Å². The molecule has 0 bridgehead atoms. The highest BCUT2D eigenvalue weighted by Gasteiger charge is 2.07. The summed E-state index contributed by atoms with van der Waals surface area (Å²) in [5.74, 6) is 0. The zero-order valence-electron chi connectivity index (χ0n) is 10.8. The number of pyridine rings is 1. The number of benzene rings is 1. The molecule has 0 amide bonds. The molecule has 0 fully saturated rings. The molecule has 0 radical (unpaired) electrons. The van der Waals surface area contributed by atoms with E-state index in [-0.39, 0.29) is 6.01 Å². The highest BCUT2D eigenvalue weighted by molar-refractivity contribution is 9.10. The number of hydrogen-bond donors (Lipinski definition) is 1. The molecule has 104 valence electrons. The van der Waals surface area contributed by atoms with Crippen molar-refractivity contribution in [1.29, 1.82) is 0 Å². The molecule has 0 aliphatic carbocycles. The van der Waals surface area contributed by atoms with Crippen LogP contribution in [-0.2, 0) is 6.54 Å². The van der Waals surface area contributed by atoms with Crippen molar-refractivity contribution >= 4 is 44.2 Å². The Kier molecular flexibility index (Phi) is 2.68. The Bertz CT molecular complexity index is 958. The second-order valence-corrected chi connectivity index (χ2v) is 5.64. The SMILES string of the molecule is Nc1nc2ccc(Cn3cnc4cc(Br)cnc43)cc2o1. The summed E-state index contributed by atoms with van der Waals surface area (Å²) in [7, 11) is 0. The molecule has 4 aromatic rings. The molecule has 7 heteroatoms. The molecule has 3 aromatic heterocycles. The van der Waals surface area contributed by atoms with Crippen LogP contribution < -0.4 is 5.73 Å². The van der Waals surface area contributed by atoms with Crippen LogP contribution in [0.1, 0.15) is 5.56 Å². The van der Waals surface area contributed by atoms with Gasteiger partial charge in [0, 0.05) is 10.7 Å². The number of fused-ring (bicyclic) bond motifs is 2. The lowest BCUT2D eigenvalue weighted by atomic mass is 10.2. The van der Waals surface area contributed by atoms with E-state index in [0.717, 1.165) is 26.7 Å². The van der Waals surface area contributed by atoms with Crippen LogP contribution in [0.2, 0.25) is 0 Å². The molecule has 3 heterocycles. The van der Waals surface area contributed by atoms with Gasteiger partial charge in [-0.25, -0.2) is 9.97 Å². The van der Waals surface area contributed by atoms with Gasteiger partial charge in [-0.15, -0.1) is 0 Å². The maximum atomic E-state index is 5.56. The first kappa shape index (κ1) is 12.3. The predicted octanol–water partition coefficient (Wildman–Crippen LogP) is 2.97. The highest BCUT2D eigenvalue weighted by Crippen LogP contribution is 2.21. The van der Waals surface area contributed by atoms with Crippen LogP contribution in [0, 0.1) is 0 Å². The Morgan fingerprint density at radius 2 is 2.10 bits per heavy atom. The van der Waals surface area contributed by atoms with Crippen molar-refractivity contribution < 1.29 is 4.42 Å². The highest BCUT2D eigenvalue weighted by atomic mass is 79.9. The maximum Gasteiger partial charge on any atom is 0.292 e. The van der Waals surface area contributed by atoms with Gasteiger partial charge in [0.15, 0.2) is 11.2 Å². The molecule has 21 heavy (non-hydrogen) atoms. The Morgan fingerprint density at radius 1 is 1.19 bits per heavy atom. The van der Waals surface area contributed by atoms with Crippen LogP contribution in [0.25, 0.3) is 22.3 Å². The monoisotopic (exact) mass is 343 g/mol. The van der Waals surface area contributed by atoms with Gasteiger partial charge in [-0.05, 0) is 39.7 Å². The third-order valence-corrected chi connectivity index (χ3v) is 3.68. The molecule has 0 aliphatic rings. The number of oxazole rings is 1. The van der Waals surface area contributed by atoms with Crippen molar-refractivity contribution in [2.75, 3.05) is 5.73 Å². The first-order valence-corrected chi connectivity index (χ1v) is 7.10. The topological polar surface area (TPSA) is 82.8 Å². The first-order chi connectivity index (χ1) is 10.2. The third kappa shape index (κ3) is 2.15. The number of nitrogens with two attached hydrogens (primary N) is 1. The summed E-state index contributed by atoms with van der Waals surface area (Å²) in [6.45, 7) is 0.654. The van der Waals surface area contributed by atoms with Gasteiger partial charge in [0.2, 0.25) is 0 Å². The molecule has 0 saturated heterocycles. The normalized spacial score (nSPS) is 11.5. The molecule has 0 aliphatic heterocycles. The van der Waals surface area contributed by atoms with E-state index in [2.05, 4.69) is 30.9 Å². The Balaban J connectivity index is 1.75. The van der Waals surface area contributed by atoms with E-state index in [1.165, 1.54) is 0 Å². The lowest BCUT2D eigenvalue weighted by molar-refractivity contribution is 0.625. The van der Waals surface area contributed by atoms with Crippen molar-refractivity contribution in [1.82, 2.24) is 19.5 Å². The van der Waals surface area contributed by atoms with Crippen LogP contribution in [-0.4, -0.2) is 19.5 Å². The number of halogens is 1. The van der Waals surface area contributed by atoms with Gasteiger partial charge < -0.3 is 14.7 Å². The van der Waals surface area contributed by atoms with Crippen molar-refractivity contribution in [2.45, 2.75) is 6.54 Å². The average Bonchev–Trinajstić information content (AvgIpc) is 3.01. The fraction of sp³-hybridized carbons (Fsp3) is 0.0714. The van der Waals surface area contributed by atoms with E-state index in [9.17, 15) is 0 Å². The number of aromatic nitrogens is 4. The van der Waals surface area contributed by atoms with Gasteiger partial charge in [0.25, 0.3) is 6.01 Å². The van der Waals surface area contributed by atoms with Crippen LogP contribution in [0.4, 0.5) is 6.01 Å². The van der Waals surface area contributed by atoms with E-state index < -0.39 is 0 Å². The van der Waals surface area contributed by atoms with Gasteiger partial charge in [-0.1, -0.05) is 6.07 Å². The standard InChI is InChI=1S/C14H10BrN5O/c15-9-4-11-13(17-5-9)20(7-18-11)6-8-1-2-10-12(3-8)21-14(16)19-10/h1-5,7H,6H2,(H2,16,19). The molecule has 0 atom stereocenters. The molecule has 1 aromatic carbocycles. The van der Waals surface area contributed by atoms with Crippen molar-refractivity contribution in [3.63, 3.8) is 0 Å². The number of nitrogen functional groups attached to an aromatic ring is 1. The molecule has 0 saturated carbocycles. The lowest BCUT2D eigenvalue weighted by Crippen LogP contribution is -1.99. The summed E-state index contributed by atoms with van der Waals surface area (Å²) >= 11 is 3.40. The van der Waals surface area contributed by atoms with Crippen molar-refractivity contribution in [2.24, 2.45) is 0 Å². The van der Waals surface area contributed by atoms with Gasteiger partial charge >= 0.3 is 0 Å². The Morgan fingerprint density at radius 3 is 3.00 bits per heavy atom. The summed E-state index contributed by atoms with van der Waals surface area (Å²) < 4.78 is 8.26. The minimum absolute atomic E-state index is 0.182. The fourth-order valence-electron chi connectivity index (χ4n) is 2.32. The van der Waals surface area contributed by atoms with E-state index in [0.29, 0.717) is 12.1 Å². The number of rotatable bonds is 2. The average molecular weight is 344 g/mol. The fourth-order valence-corrected chi connectivity index (χ4v) is 2.64. The second-order valence-electron chi connectivity index (χ2n) is 4.72. The van der Waals surface area contributed by atoms with Crippen molar-refractivity contribution in [3.8, 4) is 0 Å². The predicted molar refractivity (Wildman–Crippen MR) is 82.8 cm³/mol. The summed E-state index contributed by atoms with van der Waals surface area (Å²) in [6.07, 6.45) is 3.55. The summed E-state index contributed by atoms with van der Waals surface area (Å²) in [6, 6.07) is 7.95. The number of nitrogens with zero attached hydrogens (tertiary/aromatic N) is 4. The molecule has 0 spiro atoms. The molecule has 0 unspecified atom stereocenters. The quantitative estimate of drug-likeness (QED) is 0.604. The molecule has 4 rings (SSSR count). The summed E-state index contributed by atoms with van der Waals surface area (Å²) in [5.41, 5.74) is 9.77. The third-order valence-electron chi connectivity index (χ3n) is 3.24. The minimum Gasteiger partial charge on any atom is -0.424 e. The van der Waals surface area contributed by atoms with E-state index in [4.69, 9.17) is 10.2 Å². The van der Waals surface area contributed by atoms with Crippen molar-refractivity contribution in [3.05, 3.63) is 46.8 Å². The number of anilines is 1. The van der Waals surface area contributed by atoms with Gasteiger partial charge in [-0.2, -0.15) is 4.98 Å². The maximum absolute atomic E-state index is 5.56. The molecular weight excluding hydrogens is 334 g/mol. The summed E-state index contributed by atoms with van der Waals surface area (Å²) in [4.78, 5) is 12.8. The number of imidazole rings is 1. The van der Waals surface area contributed by atoms with Crippen LogP contribution >= 0.6 is 15.9 Å². The Hall–Kier alpha value is -2.41. The van der Waals surface area contributed by atoms with Crippen LogP contribution in [0.15, 0.2) is 45.7 Å². The van der Waals surface area contributed by atoms with E-state index in [1.54, 1.807) is 12.5 Å². The molecule has 2 N–H and O–H groups in total. The van der Waals surface area contributed by atoms with Gasteiger partial charge in [-0.3, -0.25) is 0 Å². The molecular formula is C14H10BrN5O. The summed E-state index contributed by atoms with van der Waals surface area (Å²) in [5, 5.41) is 0.